The lowest BCUT2D eigenvalue weighted by molar-refractivity contribution is 0.660. The number of hydrogen-bond donors (Lipinski definition) is 0. The molecule has 0 amide bonds. The van der Waals surface area contributed by atoms with Crippen LogP contribution in [0.1, 0.15) is 11.1 Å². The van der Waals surface area contributed by atoms with Gasteiger partial charge in [0.2, 0.25) is 5.43 Å². The van der Waals surface area contributed by atoms with E-state index in [0.29, 0.717) is 21.9 Å². The van der Waals surface area contributed by atoms with Crippen LogP contribution < -0.4 is 5.43 Å². The molecule has 2 aromatic heterocycles. The summed E-state index contributed by atoms with van der Waals surface area (Å²) >= 11 is 0. The second-order valence-electron chi connectivity index (χ2n) is 12.7. The molecule has 7 aromatic carbocycles. The Balaban J connectivity index is 1.30. The van der Waals surface area contributed by atoms with Gasteiger partial charge in [-0.05, 0) is 108 Å². The number of para-hydroxylation sites is 1. The van der Waals surface area contributed by atoms with Gasteiger partial charge in [-0.1, -0.05) is 91.0 Å². The minimum absolute atomic E-state index is 0.0110. The van der Waals surface area contributed by atoms with Crippen molar-refractivity contribution in [3.8, 4) is 39.1 Å². The third-order valence-corrected chi connectivity index (χ3v) is 9.45. The fraction of sp³-hybridized carbons (Fsp3) is 0.0444. The average molecular weight is 618 g/mol. The van der Waals surface area contributed by atoms with Crippen molar-refractivity contribution >= 4 is 43.7 Å². The van der Waals surface area contributed by atoms with Gasteiger partial charge >= 0.3 is 0 Å². The summed E-state index contributed by atoms with van der Waals surface area (Å²) < 4.78 is 8.52. The Morgan fingerprint density at radius 1 is 0.438 bits per heavy atom. The maximum Gasteiger partial charge on any atom is 0.200 e. The zero-order valence-electron chi connectivity index (χ0n) is 26.7. The third-order valence-electron chi connectivity index (χ3n) is 9.45. The Kier molecular flexibility index (Phi) is 6.41. The van der Waals surface area contributed by atoms with Gasteiger partial charge in [0.05, 0.1) is 21.8 Å². The molecule has 0 atom stereocenters. The number of benzene rings is 7. The van der Waals surface area contributed by atoms with Gasteiger partial charge in [-0.2, -0.15) is 0 Å². The lowest BCUT2D eigenvalue weighted by Crippen LogP contribution is -2.02. The molecule has 0 aliphatic rings. The largest absolute Gasteiger partial charge is 0.456 e. The summed E-state index contributed by atoms with van der Waals surface area (Å²) in [6.07, 6.45) is 0. The fourth-order valence-electron chi connectivity index (χ4n) is 7.28. The molecular formula is C45H31NO2. The maximum atomic E-state index is 13.4. The zero-order chi connectivity index (χ0) is 32.4. The van der Waals surface area contributed by atoms with E-state index in [1.54, 1.807) is 0 Å². The van der Waals surface area contributed by atoms with Crippen molar-refractivity contribution in [2.24, 2.45) is 0 Å². The van der Waals surface area contributed by atoms with Crippen LogP contribution in [0.5, 0.6) is 0 Å². The molecule has 0 saturated heterocycles. The van der Waals surface area contributed by atoms with Gasteiger partial charge in [0.25, 0.3) is 0 Å². The van der Waals surface area contributed by atoms with Crippen LogP contribution in [0.4, 0.5) is 0 Å². The molecule has 0 fully saturated rings. The minimum Gasteiger partial charge on any atom is -0.456 e. The van der Waals surface area contributed by atoms with Gasteiger partial charge in [-0.3, -0.25) is 4.79 Å². The van der Waals surface area contributed by atoms with E-state index in [1.807, 2.05) is 42.5 Å². The number of aryl methyl sites for hydroxylation is 2. The van der Waals surface area contributed by atoms with Crippen LogP contribution in [0, 0.1) is 13.8 Å². The molecule has 0 unspecified atom stereocenters. The van der Waals surface area contributed by atoms with Gasteiger partial charge in [0.1, 0.15) is 11.2 Å². The van der Waals surface area contributed by atoms with Crippen molar-refractivity contribution in [3.63, 3.8) is 0 Å². The molecule has 0 bridgehead atoms. The highest BCUT2D eigenvalue weighted by molar-refractivity contribution is 6.17. The van der Waals surface area contributed by atoms with Crippen molar-refractivity contribution in [3.05, 3.63) is 173 Å². The van der Waals surface area contributed by atoms with Gasteiger partial charge in [-0.15, -0.1) is 0 Å². The molecule has 9 rings (SSSR count). The molecule has 228 valence electrons. The van der Waals surface area contributed by atoms with Gasteiger partial charge in [0, 0.05) is 27.6 Å². The Hall–Kier alpha value is -6.19. The van der Waals surface area contributed by atoms with E-state index in [-0.39, 0.29) is 5.43 Å². The molecule has 0 spiro atoms. The molecule has 0 aliphatic heterocycles. The Morgan fingerprint density at radius 2 is 0.958 bits per heavy atom. The molecule has 2 heterocycles. The SMILES string of the molecule is Cc1cc(-c2ccccc2)c2c(c1)c1cc(C)cc(-c3ccccc3)c1n2-c1ccc(-c2ccc3oc4ccccc4c(=O)c3c2)cc1. The third kappa shape index (κ3) is 4.47. The molecule has 3 heteroatoms. The van der Waals surface area contributed by atoms with Crippen molar-refractivity contribution in [1.82, 2.24) is 4.57 Å². The second-order valence-corrected chi connectivity index (χ2v) is 12.7. The summed E-state index contributed by atoms with van der Waals surface area (Å²) in [6.45, 7) is 4.37. The highest BCUT2D eigenvalue weighted by Gasteiger charge is 2.21. The van der Waals surface area contributed by atoms with E-state index in [4.69, 9.17) is 4.42 Å². The molecule has 9 aromatic rings. The molecular weight excluding hydrogens is 587 g/mol. The number of hydrogen-bond acceptors (Lipinski definition) is 2. The minimum atomic E-state index is -0.0110. The van der Waals surface area contributed by atoms with Crippen molar-refractivity contribution < 1.29 is 4.42 Å². The van der Waals surface area contributed by atoms with Crippen LogP contribution in [0.15, 0.2) is 161 Å². The maximum absolute atomic E-state index is 13.4. The van der Waals surface area contributed by atoms with Gasteiger partial charge in [0.15, 0.2) is 0 Å². The first-order valence-corrected chi connectivity index (χ1v) is 16.3. The lowest BCUT2D eigenvalue weighted by Gasteiger charge is -2.15. The Bertz CT molecular complexity index is 2630. The predicted octanol–water partition coefficient (Wildman–Crippen LogP) is 11.7. The van der Waals surface area contributed by atoms with Crippen LogP contribution in [0.3, 0.4) is 0 Å². The van der Waals surface area contributed by atoms with Gasteiger partial charge < -0.3 is 8.98 Å². The molecule has 48 heavy (non-hydrogen) atoms. The average Bonchev–Trinajstić information content (AvgIpc) is 3.45. The quantitative estimate of drug-likeness (QED) is 0.184. The second kappa shape index (κ2) is 11.0. The van der Waals surface area contributed by atoms with E-state index >= 15 is 0 Å². The highest BCUT2D eigenvalue weighted by Crippen LogP contribution is 2.43. The summed E-state index contributed by atoms with van der Waals surface area (Å²) in [5, 5.41) is 3.66. The number of nitrogens with zero attached hydrogens (tertiary/aromatic N) is 1. The standard InChI is InChI=1S/C45H31NO2/c1-28-23-36(31-11-5-3-6-12-31)43-38(25-28)39-26-29(2)24-37(32-13-7-4-8-14-32)44(39)46(43)34-20-17-30(18-21-34)33-19-22-42-40(27-33)45(47)35-15-9-10-16-41(35)48-42/h3-27H,1-2H3. The summed E-state index contributed by atoms with van der Waals surface area (Å²) in [6, 6.07) is 52.7. The highest BCUT2D eigenvalue weighted by atomic mass is 16.3. The van der Waals surface area contributed by atoms with Crippen LogP contribution in [0.2, 0.25) is 0 Å². The number of rotatable bonds is 4. The Morgan fingerprint density at radius 3 is 1.56 bits per heavy atom. The van der Waals surface area contributed by atoms with E-state index in [9.17, 15) is 4.79 Å². The van der Waals surface area contributed by atoms with Gasteiger partial charge in [-0.25, -0.2) is 0 Å². The fourth-order valence-corrected chi connectivity index (χ4v) is 7.28. The van der Waals surface area contributed by atoms with Crippen LogP contribution in [-0.4, -0.2) is 4.57 Å². The zero-order valence-corrected chi connectivity index (χ0v) is 26.7. The van der Waals surface area contributed by atoms with E-state index in [1.165, 1.54) is 55.2 Å². The normalized spacial score (nSPS) is 11.6. The first-order valence-electron chi connectivity index (χ1n) is 16.3. The number of fused-ring (bicyclic) bond motifs is 5. The number of aromatic nitrogens is 1. The van der Waals surface area contributed by atoms with Crippen molar-refractivity contribution in [2.75, 3.05) is 0 Å². The monoisotopic (exact) mass is 617 g/mol. The van der Waals surface area contributed by atoms with Crippen molar-refractivity contribution in [2.45, 2.75) is 13.8 Å². The summed E-state index contributed by atoms with van der Waals surface area (Å²) in [5.41, 5.74) is 13.9. The van der Waals surface area contributed by atoms with Crippen LogP contribution >= 0.6 is 0 Å². The first-order chi connectivity index (χ1) is 23.5. The molecule has 3 nitrogen and oxygen atoms in total. The topological polar surface area (TPSA) is 35.1 Å². The van der Waals surface area contributed by atoms with E-state index < -0.39 is 0 Å². The van der Waals surface area contributed by atoms with E-state index in [0.717, 1.165) is 16.8 Å². The molecule has 0 aliphatic carbocycles. The summed E-state index contributed by atoms with van der Waals surface area (Å²) in [7, 11) is 0. The molecule has 0 radical (unpaired) electrons. The molecule has 0 N–H and O–H groups in total. The smallest absolute Gasteiger partial charge is 0.200 e. The lowest BCUT2D eigenvalue weighted by atomic mass is 9.97. The van der Waals surface area contributed by atoms with Crippen LogP contribution in [0.25, 0.3) is 82.8 Å². The first kappa shape index (κ1) is 28.1. The van der Waals surface area contributed by atoms with Crippen LogP contribution in [-0.2, 0) is 0 Å². The summed E-state index contributed by atoms with van der Waals surface area (Å²) in [4.78, 5) is 13.4. The van der Waals surface area contributed by atoms with Crippen molar-refractivity contribution in [1.29, 1.82) is 0 Å². The van der Waals surface area contributed by atoms with E-state index in [2.05, 4.69) is 128 Å². The summed E-state index contributed by atoms with van der Waals surface area (Å²) in [5.74, 6) is 0. The Labute approximate surface area is 278 Å². The predicted molar refractivity (Wildman–Crippen MR) is 200 cm³/mol. The molecule has 0 saturated carbocycles.